The first-order chi connectivity index (χ1) is 8.27. The molecule has 0 radical (unpaired) electrons. The van der Waals surface area contributed by atoms with Gasteiger partial charge in [0.05, 0.1) is 6.10 Å². The highest BCUT2D eigenvalue weighted by Crippen LogP contribution is 2.19. The number of aliphatic hydroxyl groups is 1. The molecule has 0 aromatic rings. The maximum Gasteiger partial charge on any atom is 0.0693 e. The molecule has 0 aliphatic heterocycles. The zero-order valence-corrected chi connectivity index (χ0v) is 11.8. The van der Waals surface area contributed by atoms with Crippen molar-refractivity contribution in [1.82, 2.24) is 5.32 Å². The molecule has 0 saturated heterocycles. The van der Waals surface area contributed by atoms with Crippen LogP contribution in [-0.4, -0.2) is 23.8 Å². The van der Waals surface area contributed by atoms with Crippen molar-refractivity contribution in [3.05, 3.63) is 0 Å². The van der Waals surface area contributed by atoms with E-state index in [0.717, 1.165) is 25.3 Å². The second-order valence-corrected chi connectivity index (χ2v) is 5.64. The first kappa shape index (κ1) is 15.0. The third kappa shape index (κ3) is 5.87. The molecule has 1 aliphatic carbocycles. The maximum atomic E-state index is 10.0. The maximum absolute atomic E-state index is 10.0. The van der Waals surface area contributed by atoms with Gasteiger partial charge in [-0.2, -0.15) is 0 Å². The van der Waals surface area contributed by atoms with Crippen LogP contribution in [0.3, 0.4) is 0 Å². The van der Waals surface area contributed by atoms with E-state index in [1.54, 1.807) is 0 Å². The second-order valence-electron chi connectivity index (χ2n) is 5.64. The van der Waals surface area contributed by atoms with Crippen LogP contribution in [0.4, 0.5) is 0 Å². The van der Waals surface area contributed by atoms with Gasteiger partial charge in [-0.15, -0.1) is 0 Å². The van der Waals surface area contributed by atoms with Crippen LogP contribution in [0.15, 0.2) is 0 Å². The fraction of sp³-hybridized carbons (Fsp3) is 1.00. The zero-order chi connectivity index (χ0) is 12.5. The topological polar surface area (TPSA) is 32.3 Å². The van der Waals surface area contributed by atoms with Crippen molar-refractivity contribution in [3.8, 4) is 0 Å². The predicted molar refractivity (Wildman–Crippen MR) is 74.2 cm³/mol. The molecule has 1 saturated carbocycles. The Bertz CT molecular complexity index is 184. The van der Waals surface area contributed by atoms with E-state index < -0.39 is 0 Å². The molecule has 3 unspecified atom stereocenters. The van der Waals surface area contributed by atoms with Gasteiger partial charge in [-0.3, -0.25) is 0 Å². The van der Waals surface area contributed by atoms with Gasteiger partial charge in [0.25, 0.3) is 0 Å². The van der Waals surface area contributed by atoms with E-state index in [1.165, 1.54) is 44.9 Å². The molecule has 102 valence electrons. The van der Waals surface area contributed by atoms with E-state index >= 15 is 0 Å². The van der Waals surface area contributed by atoms with Gasteiger partial charge in [-0.25, -0.2) is 0 Å². The lowest BCUT2D eigenvalue weighted by Gasteiger charge is -2.24. The Labute approximate surface area is 107 Å². The smallest absolute Gasteiger partial charge is 0.0693 e. The average molecular weight is 241 g/mol. The number of nitrogens with one attached hydrogen (secondary N) is 1. The van der Waals surface area contributed by atoms with Gasteiger partial charge in [0, 0.05) is 6.04 Å². The number of hydrogen-bond donors (Lipinski definition) is 2. The summed E-state index contributed by atoms with van der Waals surface area (Å²) in [6, 6.07) is 0.355. The van der Waals surface area contributed by atoms with Gasteiger partial charge in [0.15, 0.2) is 0 Å². The lowest BCUT2D eigenvalue weighted by Crippen LogP contribution is -2.41. The molecule has 1 aliphatic rings. The molecule has 1 rings (SSSR count). The summed E-state index contributed by atoms with van der Waals surface area (Å²) in [5, 5.41) is 13.7. The van der Waals surface area contributed by atoms with Gasteiger partial charge in [-0.05, 0) is 31.7 Å². The lowest BCUT2D eigenvalue weighted by atomic mass is 9.98. The Hall–Kier alpha value is -0.0800. The SMILES string of the molecule is CCCCC(CC)CNC1CCCCCC1O. The minimum absolute atomic E-state index is 0.110. The average Bonchev–Trinajstić information content (AvgIpc) is 2.55. The molecule has 0 heterocycles. The molecule has 0 aromatic carbocycles. The van der Waals surface area contributed by atoms with Gasteiger partial charge in [0.1, 0.15) is 0 Å². The molecule has 0 aromatic heterocycles. The molecular formula is C15H31NO. The van der Waals surface area contributed by atoms with Crippen molar-refractivity contribution in [3.63, 3.8) is 0 Å². The summed E-state index contributed by atoms with van der Waals surface area (Å²) in [6.07, 6.45) is 11.0. The fourth-order valence-electron chi connectivity index (χ4n) is 2.79. The van der Waals surface area contributed by atoms with Crippen LogP contribution >= 0.6 is 0 Å². The Kier molecular flexibility index (Phi) is 7.87. The van der Waals surface area contributed by atoms with Crippen molar-refractivity contribution in [2.75, 3.05) is 6.54 Å². The Balaban J connectivity index is 2.25. The Morgan fingerprint density at radius 1 is 1.18 bits per heavy atom. The van der Waals surface area contributed by atoms with E-state index in [0.29, 0.717) is 6.04 Å². The Morgan fingerprint density at radius 3 is 2.65 bits per heavy atom. The number of hydrogen-bond acceptors (Lipinski definition) is 2. The van der Waals surface area contributed by atoms with Crippen LogP contribution in [-0.2, 0) is 0 Å². The summed E-state index contributed by atoms with van der Waals surface area (Å²) < 4.78 is 0. The van der Waals surface area contributed by atoms with E-state index in [9.17, 15) is 5.11 Å². The normalized spacial score (nSPS) is 27.7. The molecule has 2 heteroatoms. The summed E-state index contributed by atoms with van der Waals surface area (Å²) in [5.41, 5.74) is 0. The molecule has 0 amide bonds. The largest absolute Gasteiger partial charge is 0.392 e. The first-order valence-corrected chi connectivity index (χ1v) is 7.69. The van der Waals surface area contributed by atoms with E-state index in [-0.39, 0.29) is 6.10 Å². The summed E-state index contributed by atoms with van der Waals surface area (Å²) in [6.45, 7) is 5.64. The predicted octanol–water partition coefficient (Wildman–Crippen LogP) is 3.49. The van der Waals surface area contributed by atoms with E-state index in [1.807, 2.05) is 0 Å². The lowest BCUT2D eigenvalue weighted by molar-refractivity contribution is 0.117. The van der Waals surface area contributed by atoms with Crippen LogP contribution in [0.2, 0.25) is 0 Å². The van der Waals surface area contributed by atoms with E-state index in [4.69, 9.17) is 0 Å². The van der Waals surface area contributed by atoms with Crippen molar-refractivity contribution in [2.45, 2.75) is 83.8 Å². The quantitative estimate of drug-likeness (QED) is 0.669. The fourth-order valence-corrected chi connectivity index (χ4v) is 2.79. The summed E-state index contributed by atoms with van der Waals surface area (Å²) in [5.74, 6) is 0.797. The highest BCUT2D eigenvalue weighted by Gasteiger charge is 2.21. The van der Waals surface area contributed by atoms with Gasteiger partial charge >= 0.3 is 0 Å². The summed E-state index contributed by atoms with van der Waals surface area (Å²) >= 11 is 0. The van der Waals surface area contributed by atoms with Crippen LogP contribution in [0.1, 0.15) is 71.6 Å². The zero-order valence-electron chi connectivity index (χ0n) is 11.8. The van der Waals surface area contributed by atoms with Crippen molar-refractivity contribution >= 4 is 0 Å². The first-order valence-electron chi connectivity index (χ1n) is 7.69. The number of aliphatic hydroxyl groups excluding tert-OH is 1. The van der Waals surface area contributed by atoms with Gasteiger partial charge in [0.2, 0.25) is 0 Å². The molecule has 0 spiro atoms. The molecule has 2 nitrogen and oxygen atoms in total. The van der Waals surface area contributed by atoms with E-state index in [2.05, 4.69) is 19.2 Å². The minimum Gasteiger partial charge on any atom is -0.392 e. The van der Waals surface area contributed by atoms with Crippen LogP contribution in [0.5, 0.6) is 0 Å². The number of unbranched alkanes of at least 4 members (excludes halogenated alkanes) is 1. The second kappa shape index (κ2) is 8.93. The standard InChI is InChI=1S/C15H31NO/c1-3-5-9-13(4-2)12-16-14-10-7-6-8-11-15(14)17/h13-17H,3-12H2,1-2H3. The highest BCUT2D eigenvalue weighted by molar-refractivity contribution is 4.79. The monoisotopic (exact) mass is 241 g/mol. The van der Waals surface area contributed by atoms with Crippen molar-refractivity contribution < 1.29 is 5.11 Å². The number of rotatable bonds is 7. The molecule has 3 atom stereocenters. The minimum atomic E-state index is -0.110. The van der Waals surface area contributed by atoms with Crippen molar-refractivity contribution in [1.29, 1.82) is 0 Å². The summed E-state index contributed by atoms with van der Waals surface area (Å²) in [4.78, 5) is 0. The molecule has 2 N–H and O–H groups in total. The molecular weight excluding hydrogens is 210 g/mol. The van der Waals surface area contributed by atoms with Crippen LogP contribution in [0, 0.1) is 5.92 Å². The molecule has 17 heavy (non-hydrogen) atoms. The van der Waals surface area contributed by atoms with Crippen LogP contribution < -0.4 is 5.32 Å². The van der Waals surface area contributed by atoms with Gasteiger partial charge in [-0.1, -0.05) is 52.4 Å². The van der Waals surface area contributed by atoms with Gasteiger partial charge < -0.3 is 10.4 Å². The highest BCUT2D eigenvalue weighted by atomic mass is 16.3. The Morgan fingerprint density at radius 2 is 1.94 bits per heavy atom. The van der Waals surface area contributed by atoms with Crippen LogP contribution in [0.25, 0.3) is 0 Å². The third-order valence-electron chi connectivity index (χ3n) is 4.19. The third-order valence-corrected chi connectivity index (χ3v) is 4.19. The summed E-state index contributed by atoms with van der Waals surface area (Å²) in [7, 11) is 0. The molecule has 0 bridgehead atoms. The molecule has 1 fully saturated rings. The van der Waals surface area contributed by atoms with Crippen molar-refractivity contribution in [2.24, 2.45) is 5.92 Å².